The zero-order valence-corrected chi connectivity index (χ0v) is 41.6. The van der Waals surface area contributed by atoms with Crippen molar-refractivity contribution in [2.24, 2.45) is 0 Å². The Morgan fingerprint density at radius 1 is 0.435 bits per heavy atom. The molecule has 0 fully saturated rings. The second kappa shape index (κ2) is 33.3. The lowest BCUT2D eigenvalue weighted by atomic mass is 10.0. The van der Waals surface area contributed by atoms with Crippen LogP contribution in [0.15, 0.2) is 129 Å². The number of carbonyl (C=O) groups is 1. The lowest BCUT2D eigenvalue weighted by Crippen LogP contribution is -2.00. The Kier molecular flexibility index (Phi) is 29.9. The van der Waals surface area contributed by atoms with E-state index in [1.807, 2.05) is 0 Å². The van der Waals surface area contributed by atoms with E-state index in [0.717, 1.165) is 96.3 Å². The molecule has 0 bridgehead atoms. The highest BCUT2D eigenvalue weighted by Crippen LogP contribution is 2.32. The molecule has 0 radical (unpaired) electrons. The summed E-state index contributed by atoms with van der Waals surface area (Å²) >= 11 is 0. The molecule has 0 atom stereocenters. The van der Waals surface area contributed by atoms with E-state index in [1.54, 1.807) is 0 Å². The molecular weight excluding hydrogens is 761 g/mol. The lowest BCUT2D eigenvalue weighted by Gasteiger charge is -2.10. The van der Waals surface area contributed by atoms with Gasteiger partial charge in [-0.3, -0.25) is 0 Å². The van der Waals surface area contributed by atoms with Crippen LogP contribution in [-0.4, -0.2) is 23.3 Å². The van der Waals surface area contributed by atoms with E-state index in [9.17, 15) is 15.0 Å². The molecule has 2 N–H and O–H groups in total. The van der Waals surface area contributed by atoms with Crippen molar-refractivity contribution >= 4 is 5.97 Å². The Bertz CT molecular complexity index is 1820. The summed E-state index contributed by atoms with van der Waals surface area (Å²) in [6.07, 6.45) is 44.3. The molecule has 0 aliphatic carbocycles. The lowest BCUT2D eigenvalue weighted by molar-refractivity contribution is 0.0696. The highest BCUT2D eigenvalue weighted by Gasteiger charge is 2.13. The number of aromatic carboxylic acids is 1. The molecule has 4 heteroatoms. The number of hydrogen-bond acceptors (Lipinski definition) is 3. The predicted octanol–water partition coefficient (Wildman–Crippen LogP) is 18.1. The van der Waals surface area contributed by atoms with Gasteiger partial charge in [0.25, 0.3) is 0 Å². The van der Waals surface area contributed by atoms with E-state index in [4.69, 9.17) is 4.74 Å². The van der Waals surface area contributed by atoms with Crippen molar-refractivity contribution in [1.29, 1.82) is 0 Å². The number of rotatable bonds is 31. The molecule has 1 aromatic carbocycles. The number of phenols is 1. The van der Waals surface area contributed by atoms with Crippen LogP contribution < -0.4 is 4.74 Å². The van der Waals surface area contributed by atoms with Crippen LogP contribution in [0.3, 0.4) is 0 Å². The summed E-state index contributed by atoms with van der Waals surface area (Å²) < 4.78 is 5.16. The van der Waals surface area contributed by atoms with Crippen LogP contribution >= 0.6 is 0 Å². The number of hydrogen-bond donors (Lipinski definition) is 2. The molecular formula is C58H88O4. The van der Waals surface area contributed by atoms with Gasteiger partial charge in [0.2, 0.25) is 0 Å². The minimum atomic E-state index is -1.04. The van der Waals surface area contributed by atoms with Crippen LogP contribution in [0, 0.1) is 0 Å². The number of methoxy groups -OCH3 is 1. The first-order valence-electron chi connectivity index (χ1n) is 23.7. The topological polar surface area (TPSA) is 66.8 Å². The van der Waals surface area contributed by atoms with Gasteiger partial charge in [-0.25, -0.2) is 4.79 Å². The number of phenolic OH excluding ortho intramolecular Hbond substituents is 1. The van der Waals surface area contributed by atoms with Gasteiger partial charge in [0.05, 0.1) is 12.7 Å². The van der Waals surface area contributed by atoms with E-state index >= 15 is 0 Å². The molecule has 344 valence electrons. The Labute approximate surface area is 380 Å². The third kappa shape index (κ3) is 28.3. The Morgan fingerprint density at radius 2 is 0.694 bits per heavy atom. The van der Waals surface area contributed by atoms with Crippen LogP contribution in [0.25, 0.3) is 0 Å². The molecule has 62 heavy (non-hydrogen) atoms. The molecule has 0 amide bonds. The van der Waals surface area contributed by atoms with E-state index in [2.05, 4.69) is 137 Å². The van der Waals surface area contributed by atoms with E-state index in [1.165, 1.54) is 94.2 Å². The SMILES string of the molecule is COc1cc(C(=O)O)cc(CC=C(C)CCC=C(C)CCC=C(C)CCC=C(C)CCC=C(C)CCC=C(C)CCC=C(C)CCC=C(C)CCC=C(C)CCC=C(C)C)c1O. The number of carboxylic acid groups (broad SMARTS) is 1. The van der Waals surface area contributed by atoms with Crippen molar-refractivity contribution in [3.63, 3.8) is 0 Å². The average molecular weight is 849 g/mol. The number of carboxylic acids is 1. The predicted molar refractivity (Wildman–Crippen MR) is 272 cm³/mol. The largest absolute Gasteiger partial charge is 0.504 e. The molecule has 0 heterocycles. The molecule has 0 unspecified atom stereocenters. The van der Waals surface area contributed by atoms with Gasteiger partial charge in [-0.1, -0.05) is 116 Å². The maximum Gasteiger partial charge on any atom is 0.335 e. The maximum atomic E-state index is 11.5. The highest BCUT2D eigenvalue weighted by atomic mass is 16.5. The zero-order valence-electron chi connectivity index (χ0n) is 41.6. The van der Waals surface area contributed by atoms with Crippen molar-refractivity contribution in [3.05, 3.63) is 140 Å². The van der Waals surface area contributed by atoms with E-state index in [0.29, 0.717) is 12.0 Å². The van der Waals surface area contributed by atoms with E-state index < -0.39 is 5.97 Å². The molecule has 0 spiro atoms. The van der Waals surface area contributed by atoms with Crippen LogP contribution in [0.1, 0.15) is 208 Å². The normalized spacial score (nSPS) is 14.2. The van der Waals surface area contributed by atoms with Gasteiger partial charge in [-0.15, -0.1) is 0 Å². The third-order valence-electron chi connectivity index (χ3n) is 11.6. The van der Waals surface area contributed by atoms with Crippen molar-refractivity contribution < 1.29 is 19.7 Å². The summed E-state index contributed by atoms with van der Waals surface area (Å²) in [4.78, 5) is 11.5. The first-order valence-corrected chi connectivity index (χ1v) is 23.7. The Hall–Kier alpha value is -4.31. The van der Waals surface area contributed by atoms with Crippen molar-refractivity contribution in [2.45, 2.75) is 198 Å². The molecule has 4 nitrogen and oxygen atoms in total. The Morgan fingerprint density at radius 3 is 0.935 bits per heavy atom. The molecule has 1 aromatic rings. The minimum absolute atomic E-state index is 0.000305. The molecule has 0 aliphatic heterocycles. The highest BCUT2D eigenvalue weighted by molar-refractivity contribution is 5.89. The smallest absolute Gasteiger partial charge is 0.335 e. The fourth-order valence-electron chi connectivity index (χ4n) is 7.26. The van der Waals surface area contributed by atoms with Crippen molar-refractivity contribution in [1.82, 2.24) is 0 Å². The average Bonchev–Trinajstić information content (AvgIpc) is 3.20. The van der Waals surface area contributed by atoms with Gasteiger partial charge in [0.1, 0.15) is 0 Å². The van der Waals surface area contributed by atoms with Crippen LogP contribution in [0.5, 0.6) is 11.5 Å². The van der Waals surface area contributed by atoms with Crippen LogP contribution in [-0.2, 0) is 6.42 Å². The molecule has 0 aliphatic rings. The summed E-state index contributed by atoms with van der Waals surface area (Å²) in [5.41, 5.74) is 15.2. The second-order valence-electron chi connectivity index (χ2n) is 18.3. The van der Waals surface area contributed by atoms with Crippen molar-refractivity contribution in [2.75, 3.05) is 7.11 Å². The summed E-state index contributed by atoms with van der Waals surface area (Å²) in [5, 5.41) is 19.8. The molecule has 0 aromatic heterocycles. The van der Waals surface area contributed by atoms with Gasteiger partial charge < -0.3 is 14.9 Å². The molecule has 0 saturated carbocycles. The monoisotopic (exact) mass is 849 g/mol. The number of ether oxygens (including phenoxy) is 1. The van der Waals surface area contributed by atoms with Crippen molar-refractivity contribution in [3.8, 4) is 11.5 Å². The summed E-state index contributed by atoms with van der Waals surface area (Å²) in [6.45, 7) is 24.6. The number of allylic oxidation sites excluding steroid dienone is 20. The molecule has 1 rings (SSSR count). The zero-order chi connectivity index (χ0) is 46.3. The van der Waals surface area contributed by atoms with Gasteiger partial charge in [-0.2, -0.15) is 0 Å². The van der Waals surface area contributed by atoms with Crippen LogP contribution in [0.4, 0.5) is 0 Å². The van der Waals surface area contributed by atoms with Gasteiger partial charge in [0, 0.05) is 5.56 Å². The summed E-state index contributed by atoms with van der Waals surface area (Å²) in [6, 6.07) is 2.86. The third-order valence-corrected chi connectivity index (χ3v) is 11.6. The fraction of sp³-hybridized carbons (Fsp3) is 0.534. The van der Waals surface area contributed by atoms with Gasteiger partial charge in [-0.05, 0) is 210 Å². The Balaban J connectivity index is 2.30. The van der Waals surface area contributed by atoms with Crippen LogP contribution in [0.2, 0.25) is 0 Å². The minimum Gasteiger partial charge on any atom is -0.504 e. The fourth-order valence-corrected chi connectivity index (χ4v) is 7.26. The first-order chi connectivity index (χ1) is 29.5. The van der Waals surface area contributed by atoms with Gasteiger partial charge in [0.15, 0.2) is 11.5 Å². The summed E-state index contributed by atoms with van der Waals surface area (Å²) in [7, 11) is 1.43. The second-order valence-corrected chi connectivity index (χ2v) is 18.3. The summed E-state index contributed by atoms with van der Waals surface area (Å²) in [5.74, 6) is -0.854. The quantitative estimate of drug-likeness (QED) is 0.0731. The number of benzene rings is 1. The maximum absolute atomic E-state index is 11.5. The first kappa shape index (κ1) is 55.7. The number of aromatic hydroxyl groups is 1. The molecule has 0 saturated heterocycles. The van der Waals surface area contributed by atoms with E-state index in [-0.39, 0.29) is 17.1 Å². The van der Waals surface area contributed by atoms with Gasteiger partial charge >= 0.3 is 5.97 Å². The standard InChI is InChI=1S/C58H88O4/c1-44(2)22-13-23-45(3)24-14-25-46(4)26-15-27-47(5)28-16-29-48(6)30-17-31-49(7)32-18-33-50(8)34-19-35-51(9)36-20-37-52(10)38-21-39-53(11)40-41-54-42-55(58(60)61)43-56(62-12)57(54)59/h22,24,26,28,30,32,34,36,38,40,42-43,59H,13-21,23,25,27,29,31,33,35,37,39,41H2,1-12H3,(H,60,61).